The largest absolute Gasteiger partial charge is 0.480 e. The Hall–Kier alpha value is -2.73. The van der Waals surface area contributed by atoms with Crippen molar-refractivity contribution >= 4 is 50.0 Å². The topological polar surface area (TPSA) is 110 Å². The molecule has 144 valence electrons. The lowest BCUT2D eigenvalue weighted by molar-refractivity contribution is 0.102. The molecule has 1 aromatic heterocycles. The van der Waals surface area contributed by atoms with Gasteiger partial charge in [-0.15, -0.1) is 10.2 Å². The van der Waals surface area contributed by atoms with E-state index in [0.717, 1.165) is 3.57 Å². The van der Waals surface area contributed by atoms with E-state index in [1.807, 2.05) is 6.07 Å². The van der Waals surface area contributed by atoms with Crippen molar-refractivity contribution in [3.8, 4) is 5.88 Å². The van der Waals surface area contributed by atoms with Crippen LogP contribution >= 0.6 is 22.6 Å². The second kappa shape index (κ2) is 8.52. The summed E-state index contributed by atoms with van der Waals surface area (Å²) in [4.78, 5) is 12.3. The summed E-state index contributed by atoms with van der Waals surface area (Å²) < 4.78 is 33.1. The van der Waals surface area contributed by atoms with E-state index in [-0.39, 0.29) is 22.5 Å². The van der Waals surface area contributed by atoms with Gasteiger partial charge in [0.05, 0.1) is 12.0 Å². The summed E-state index contributed by atoms with van der Waals surface area (Å²) >= 11 is 2.13. The molecule has 2 aromatic carbocycles. The molecule has 0 bridgehead atoms. The quantitative estimate of drug-likeness (QED) is 0.494. The standard InChI is InChI=1S/C18H15IN4O4S/c1-27-17-10-9-16(21-22-17)23-28(25,26)15-7-5-14(6-8-15)20-18(24)12-3-2-4-13(19)11-12/h2-11H,1H3,(H,20,24)(H,21,23). The van der Waals surface area contributed by atoms with Crippen molar-refractivity contribution < 1.29 is 17.9 Å². The van der Waals surface area contributed by atoms with Crippen molar-refractivity contribution in [3.05, 3.63) is 69.8 Å². The minimum atomic E-state index is -3.84. The average molecular weight is 510 g/mol. The highest BCUT2D eigenvalue weighted by atomic mass is 127. The van der Waals surface area contributed by atoms with Crippen LogP contribution in [0.25, 0.3) is 0 Å². The van der Waals surface area contributed by atoms with Crippen molar-refractivity contribution in [2.75, 3.05) is 17.1 Å². The molecule has 3 rings (SSSR count). The highest BCUT2D eigenvalue weighted by Crippen LogP contribution is 2.18. The number of ether oxygens (including phenoxy) is 1. The minimum absolute atomic E-state index is 0.0253. The first-order chi connectivity index (χ1) is 13.4. The van der Waals surface area contributed by atoms with Crippen LogP contribution in [0.5, 0.6) is 5.88 Å². The molecular formula is C18H15IN4O4S. The number of halogens is 1. The van der Waals surface area contributed by atoms with Crippen molar-refractivity contribution in [2.24, 2.45) is 0 Å². The lowest BCUT2D eigenvalue weighted by Gasteiger charge is -2.09. The second-order valence-electron chi connectivity index (χ2n) is 5.56. The molecule has 0 radical (unpaired) electrons. The van der Waals surface area contributed by atoms with Gasteiger partial charge < -0.3 is 10.1 Å². The SMILES string of the molecule is COc1ccc(NS(=O)(=O)c2ccc(NC(=O)c3cccc(I)c3)cc2)nn1. The van der Waals surface area contributed by atoms with Crippen molar-refractivity contribution in [3.63, 3.8) is 0 Å². The molecule has 28 heavy (non-hydrogen) atoms. The number of amides is 1. The van der Waals surface area contributed by atoms with Crippen molar-refractivity contribution in [1.82, 2.24) is 10.2 Å². The van der Waals surface area contributed by atoms with E-state index in [2.05, 4.69) is 42.8 Å². The van der Waals surface area contributed by atoms with E-state index < -0.39 is 10.0 Å². The number of carbonyl (C=O) groups is 1. The van der Waals surface area contributed by atoms with Crippen LogP contribution in [0.2, 0.25) is 0 Å². The normalized spacial score (nSPS) is 10.9. The molecule has 1 amide bonds. The summed E-state index contributed by atoms with van der Waals surface area (Å²) in [6.45, 7) is 0. The molecule has 0 saturated carbocycles. The van der Waals surface area contributed by atoms with Crippen LogP contribution in [-0.4, -0.2) is 31.6 Å². The van der Waals surface area contributed by atoms with Gasteiger partial charge in [0.25, 0.3) is 15.9 Å². The fourth-order valence-electron chi connectivity index (χ4n) is 2.23. The van der Waals surface area contributed by atoms with E-state index in [4.69, 9.17) is 4.74 Å². The predicted octanol–water partition coefficient (Wildman–Crippen LogP) is 3.14. The van der Waals surface area contributed by atoms with E-state index in [1.165, 1.54) is 43.5 Å². The van der Waals surface area contributed by atoms with Crippen LogP contribution in [0.3, 0.4) is 0 Å². The molecule has 0 atom stereocenters. The lowest BCUT2D eigenvalue weighted by atomic mass is 10.2. The highest BCUT2D eigenvalue weighted by molar-refractivity contribution is 14.1. The Bertz CT molecular complexity index is 1090. The third kappa shape index (κ3) is 4.95. The summed E-state index contributed by atoms with van der Waals surface area (Å²) in [6.07, 6.45) is 0. The molecule has 10 heteroatoms. The summed E-state index contributed by atoms with van der Waals surface area (Å²) in [7, 11) is -2.41. The van der Waals surface area contributed by atoms with Gasteiger partial charge >= 0.3 is 0 Å². The Balaban J connectivity index is 1.71. The Morgan fingerprint density at radius 2 is 1.79 bits per heavy atom. The van der Waals surface area contributed by atoms with Gasteiger partial charge in [0.1, 0.15) is 0 Å². The Morgan fingerprint density at radius 3 is 2.39 bits per heavy atom. The number of anilines is 2. The number of hydrogen-bond acceptors (Lipinski definition) is 6. The van der Waals surface area contributed by atoms with Gasteiger partial charge in [-0.2, -0.15) is 0 Å². The molecule has 0 unspecified atom stereocenters. The van der Waals surface area contributed by atoms with Crippen molar-refractivity contribution in [2.45, 2.75) is 4.90 Å². The summed E-state index contributed by atoms with van der Waals surface area (Å²) in [5, 5.41) is 10.2. The molecule has 0 spiro atoms. The number of nitrogens with one attached hydrogen (secondary N) is 2. The van der Waals surface area contributed by atoms with Gasteiger partial charge in [0.2, 0.25) is 5.88 Å². The molecule has 0 saturated heterocycles. The number of aromatic nitrogens is 2. The van der Waals surface area contributed by atoms with Crippen LogP contribution in [0.1, 0.15) is 10.4 Å². The number of carbonyl (C=O) groups excluding carboxylic acids is 1. The van der Waals surface area contributed by atoms with Gasteiger partial charge in [0.15, 0.2) is 5.82 Å². The summed E-state index contributed by atoms with van der Waals surface area (Å²) in [5.41, 5.74) is 0.996. The van der Waals surface area contributed by atoms with Gasteiger partial charge in [-0.05, 0) is 71.1 Å². The van der Waals surface area contributed by atoms with E-state index in [9.17, 15) is 13.2 Å². The maximum absolute atomic E-state index is 12.5. The lowest BCUT2D eigenvalue weighted by Crippen LogP contribution is -2.15. The summed E-state index contributed by atoms with van der Waals surface area (Å²) in [5.74, 6) is 0.0637. The maximum atomic E-state index is 12.5. The molecule has 8 nitrogen and oxygen atoms in total. The number of nitrogens with zero attached hydrogens (tertiary/aromatic N) is 2. The Kier molecular flexibility index (Phi) is 6.09. The zero-order valence-electron chi connectivity index (χ0n) is 14.6. The number of sulfonamides is 1. The summed E-state index contributed by atoms with van der Waals surface area (Å²) in [6, 6.07) is 15.9. The number of methoxy groups -OCH3 is 1. The van der Waals surface area contributed by atoms with Crippen LogP contribution in [0.4, 0.5) is 11.5 Å². The zero-order chi connectivity index (χ0) is 20.1. The predicted molar refractivity (Wildman–Crippen MR) is 113 cm³/mol. The second-order valence-corrected chi connectivity index (χ2v) is 8.48. The molecule has 0 aliphatic heterocycles. The zero-order valence-corrected chi connectivity index (χ0v) is 17.6. The average Bonchev–Trinajstić information content (AvgIpc) is 2.69. The molecule has 3 aromatic rings. The minimum Gasteiger partial charge on any atom is -0.480 e. The van der Waals surface area contributed by atoms with E-state index in [1.54, 1.807) is 18.2 Å². The molecule has 0 aliphatic carbocycles. The molecule has 1 heterocycles. The first-order valence-corrected chi connectivity index (χ1v) is 10.5. The molecule has 0 aliphatic rings. The highest BCUT2D eigenvalue weighted by Gasteiger charge is 2.15. The smallest absolute Gasteiger partial charge is 0.263 e. The molecular weight excluding hydrogens is 495 g/mol. The van der Waals surface area contributed by atoms with Gasteiger partial charge in [-0.3, -0.25) is 9.52 Å². The van der Waals surface area contributed by atoms with Gasteiger partial charge in [-0.25, -0.2) is 8.42 Å². The van der Waals surface area contributed by atoms with Gasteiger partial charge in [-0.1, -0.05) is 6.07 Å². The number of rotatable bonds is 6. The monoisotopic (exact) mass is 510 g/mol. The number of hydrogen-bond donors (Lipinski definition) is 2. The van der Waals surface area contributed by atoms with Crippen molar-refractivity contribution in [1.29, 1.82) is 0 Å². The van der Waals surface area contributed by atoms with Crippen LogP contribution in [0.15, 0.2) is 65.6 Å². The Morgan fingerprint density at radius 1 is 1.04 bits per heavy atom. The van der Waals surface area contributed by atoms with Crippen LogP contribution < -0.4 is 14.8 Å². The third-order valence-corrected chi connectivity index (χ3v) is 5.64. The first-order valence-electron chi connectivity index (χ1n) is 7.95. The fourth-order valence-corrected chi connectivity index (χ4v) is 3.77. The molecule has 0 fully saturated rings. The third-order valence-electron chi connectivity index (χ3n) is 3.60. The molecule has 2 N–H and O–H groups in total. The Labute approximate surface area is 175 Å². The first kappa shape index (κ1) is 20.0. The fraction of sp³-hybridized carbons (Fsp3) is 0.0556. The van der Waals surface area contributed by atoms with E-state index in [0.29, 0.717) is 11.3 Å². The van der Waals surface area contributed by atoms with E-state index >= 15 is 0 Å². The maximum Gasteiger partial charge on any atom is 0.263 e. The number of benzene rings is 2. The van der Waals surface area contributed by atoms with Crippen LogP contribution in [0, 0.1) is 3.57 Å². The van der Waals surface area contributed by atoms with Crippen LogP contribution in [-0.2, 0) is 10.0 Å². The van der Waals surface area contributed by atoms with Gasteiger partial charge in [0, 0.05) is 20.9 Å².